The van der Waals surface area contributed by atoms with Crippen molar-refractivity contribution in [2.45, 2.75) is 37.6 Å². The molecule has 1 aliphatic rings. The van der Waals surface area contributed by atoms with Gasteiger partial charge in [-0.05, 0) is 31.0 Å². The maximum atomic E-state index is 12.0. The van der Waals surface area contributed by atoms with Gasteiger partial charge in [-0.25, -0.2) is 0 Å². The summed E-state index contributed by atoms with van der Waals surface area (Å²) in [6.07, 6.45) is 3.83. The van der Waals surface area contributed by atoms with Gasteiger partial charge in [-0.3, -0.25) is 19.2 Å². The van der Waals surface area contributed by atoms with E-state index in [1.165, 1.54) is 18.2 Å². The Morgan fingerprint density at radius 3 is 2.39 bits per heavy atom. The molecule has 1 saturated carbocycles. The molecule has 9 nitrogen and oxygen atoms in total. The summed E-state index contributed by atoms with van der Waals surface area (Å²) in [5.41, 5.74) is -0.765. The van der Waals surface area contributed by atoms with Crippen LogP contribution in [0.3, 0.4) is 0 Å². The highest BCUT2D eigenvalue weighted by Crippen LogP contribution is 2.27. The van der Waals surface area contributed by atoms with Gasteiger partial charge in [0.15, 0.2) is 6.61 Å². The minimum atomic E-state index is -0.916. The highest BCUT2D eigenvalue weighted by Gasteiger charge is 2.33. The minimum absolute atomic E-state index is 0.138. The van der Waals surface area contributed by atoms with Crippen LogP contribution in [0.25, 0.3) is 0 Å². The van der Waals surface area contributed by atoms with Gasteiger partial charge in [-0.2, -0.15) is 5.26 Å². The Hall–Kier alpha value is -2.83. The molecule has 0 aliphatic heterocycles. The SMILES string of the molecule is N#CC1(NC(=O)COC(=O)CNC(=O)CNC(=O)c2ccc(Cl)cc2Cl)CCCCC1. The monoisotopic (exact) mass is 468 g/mol. The molecule has 0 radical (unpaired) electrons. The summed E-state index contributed by atoms with van der Waals surface area (Å²) in [5, 5.41) is 17.1. The van der Waals surface area contributed by atoms with E-state index in [2.05, 4.69) is 22.0 Å². The molecule has 0 saturated heterocycles. The third-order valence-electron chi connectivity index (χ3n) is 4.68. The molecule has 3 N–H and O–H groups in total. The van der Waals surface area contributed by atoms with Gasteiger partial charge in [0.05, 0.1) is 23.2 Å². The lowest BCUT2D eigenvalue weighted by molar-refractivity contribution is -0.148. The van der Waals surface area contributed by atoms with Crippen LogP contribution in [0.15, 0.2) is 18.2 Å². The number of hydrogen-bond acceptors (Lipinski definition) is 6. The van der Waals surface area contributed by atoms with Crippen molar-refractivity contribution in [3.05, 3.63) is 33.8 Å². The van der Waals surface area contributed by atoms with Crippen molar-refractivity contribution in [3.8, 4) is 6.07 Å². The molecule has 3 amide bonds. The molecule has 0 bridgehead atoms. The van der Waals surface area contributed by atoms with Gasteiger partial charge in [-0.15, -0.1) is 0 Å². The first-order valence-electron chi connectivity index (χ1n) is 9.62. The topological polar surface area (TPSA) is 137 Å². The van der Waals surface area contributed by atoms with Crippen LogP contribution in [0, 0.1) is 11.3 Å². The van der Waals surface area contributed by atoms with Gasteiger partial charge in [0.25, 0.3) is 11.8 Å². The van der Waals surface area contributed by atoms with E-state index in [0.717, 1.165) is 19.3 Å². The average Bonchev–Trinajstić information content (AvgIpc) is 2.75. The van der Waals surface area contributed by atoms with E-state index >= 15 is 0 Å². The van der Waals surface area contributed by atoms with Gasteiger partial charge in [0.2, 0.25) is 5.91 Å². The fourth-order valence-corrected chi connectivity index (χ4v) is 3.58. The number of ether oxygens (including phenoxy) is 1. The summed E-state index contributed by atoms with van der Waals surface area (Å²) in [6.45, 7) is -1.42. The van der Waals surface area contributed by atoms with Crippen molar-refractivity contribution in [1.29, 1.82) is 5.26 Å². The molecule has 1 fully saturated rings. The highest BCUT2D eigenvalue weighted by atomic mass is 35.5. The lowest BCUT2D eigenvalue weighted by atomic mass is 9.83. The predicted octanol–water partition coefficient (Wildman–Crippen LogP) is 1.73. The number of halogens is 2. The summed E-state index contributed by atoms with van der Waals surface area (Å²) < 4.78 is 4.81. The summed E-state index contributed by atoms with van der Waals surface area (Å²) in [5.74, 6) is -2.61. The number of nitriles is 1. The Kier molecular flexibility index (Phi) is 9.09. The third-order valence-corrected chi connectivity index (χ3v) is 5.23. The zero-order chi connectivity index (χ0) is 22.9. The molecule has 0 unspecified atom stereocenters. The van der Waals surface area contributed by atoms with E-state index < -0.39 is 48.9 Å². The van der Waals surface area contributed by atoms with E-state index in [-0.39, 0.29) is 10.6 Å². The second-order valence-electron chi connectivity index (χ2n) is 7.05. The molecule has 11 heteroatoms. The molecule has 0 atom stereocenters. The Labute approximate surface area is 189 Å². The number of nitrogens with zero attached hydrogens (tertiary/aromatic N) is 1. The normalized spacial score (nSPS) is 14.6. The van der Waals surface area contributed by atoms with Gasteiger partial charge >= 0.3 is 5.97 Å². The lowest BCUT2D eigenvalue weighted by Gasteiger charge is -2.31. The quantitative estimate of drug-likeness (QED) is 0.496. The van der Waals surface area contributed by atoms with Crippen LogP contribution in [-0.4, -0.2) is 48.9 Å². The Bertz CT molecular complexity index is 894. The molecule has 2 rings (SSSR count). The van der Waals surface area contributed by atoms with Crippen LogP contribution >= 0.6 is 23.2 Å². The number of carbonyl (C=O) groups is 4. The third kappa shape index (κ3) is 7.74. The first kappa shape index (κ1) is 24.4. The van der Waals surface area contributed by atoms with Crippen molar-refractivity contribution in [3.63, 3.8) is 0 Å². The Balaban J connectivity index is 1.67. The first-order chi connectivity index (χ1) is 14.7. The Morgan fingerprint density at radius 2 is 1.74 bits per heavy atom. The first-order valence-corrected chi connectivity index (χ1v) is 10.4. The van der Waals surface area contributed by atoms with Crippen molar-refractivity contribution in [2.75, 3.05) is 19.7 Å². The molecule has 1 aliphatic carbocycles. The summed E-state index contributed by atoms with van der Waals surface area (Å²) in [4.78, 5) is 47.6. The zero-order valence-electron chi connectivity index (χ0n) is 16.6. The number of rotatable bonds is 8. The van der Waals surface area contributed by atoms with Crippen molar-refractivity contribution in [2.24, 2.45) is 0 Å². The van der Waals surface area contributed by atoms with E-state index in [1.807, 2.05) is 0 Å². The van der Waals surface area contributed by atoms with E-state index in [0.29, 0.717) is 17.9 Å². The lowest BCUT2D eigenvalue weighted by Crippen LogP contribution is -2.50. The van der Waals surface area contributed by atoms with Crippen LogP contribution in [0.1, 0.15) is 42.5 Å². The minimum Gasteiger partial charge on any atom is -0.454 e. The number of benzene rings is 1. The van der Waals surface area contributed by atoms with Crippen molar-refractivity contribution in [1.82, 2.24) is 16.0 Å². The fraction of sp³-hybridized carbons (Fsp3) is 0.450. The van der Waals surface area contributed by atoms with E-state index in [9.17, 15) is 24.4 Å². The van der Waals surface area contributed by atoms with Gasteiger partial charge in [0.1, 0.15) is 12.1 Å². The van der Waals surface area contributed by atoms with E-state index in [4.69, 9.17) is 27.9 Å². The smallest absolute Gasteiger partial charge is 0.325 e. The van der Waals surface area contributed by atoms with Crippen molar-refractivity contribution >= 4 is 46.9 Å². The average molecular weight is 469 g/mol. The second-order valence-corrected chi connectivity index (χ2v) is 7.89. The van der Waals surface area contributed by atoms with Gasteiger partial charge in [0, 0.05) is 5.02 Å². The summed E-state index contributed by atoms with van der Waals surface area (Å²) in [7, 11) is 0. The van der Waals surface area contributed by atoms with Gasteiger partial charge in [-0.1, -0.05) is 42.5 Å². The highest BCUT2D eigenvalue weighted by molar-refractivity contribution is 6.36. The number of amides is 3. The zero-order valence-corrected chi connectivity index (χ0v) is 18.1. The number of nitrogens with one attached hydrogen (secondary N) is 3. The van der Waals surface area contributed by atoms with Crippen LogP contribution in [0.4, 0.5) is 0 Å². The van der Waals surface area contributed by atoms with Crippen LogP contribution in [0.5, 0.6) is 0 Å². The summed E-state index contributed by atoms with van der Waals surface area (Å²) >= 11 is 11.7. The standard InChI is InChI=1S/C20H22Cl2N4O5/c21-13-4-5-14(15(22)8-13)19(30)25-9-16(27)24-10-18(29)31-11-17(28)26-20(12-23)6-2-1-3-7-20/h4-5,8H,1-3,6-7,9-11H2,(H,24,27)(H,25,30)(H,26,28). The maximum absolute atomic E-state index is 12.0. The molecular weight excluding hydrogens is 447 g/mol. The fourth-order valence-electron chi connectivity index (χ4n) is 3.08. The molecule has 1 aromatic rings. The van der Waals surface area contributed by atoms with E-state index in [1.54, 1.807) is 0 Å². The summed E-state index contributed by atoms with van der Waals surface area (Å²) in [6, 6.07) is 6.45. The van der Waals surface area contributed by atoms with Crippen LogP contribution in [-0.2, 0) is 19.1 Å². The molecule has 31 heavy (non-hydrogen) atoms. The molecular formula is C20H22Cl2N4O5. The molecule has 0 spiro atoms. The molecule has 0 aromatic heterocycles. The second kappa shape index (κ2) is 11.5. The number of carbonyl (C=O) groups excluding carboxylic acids is 4. The van der Waals surface area contributed by atoms with Crippen molar-refractivity contribution < 1.29 is 23.9 Å². The van der Waals surface area contributed by atoms with Crippen LogP contribution < -0.4 is 16.0 Å². The predicted molar refractivity (Wildman–Crippen MR) is 112 cm³/mol. The van der Waals surface area contributed by atoms with Crippen LogP contribution in [0.2, 0.25) is 10.0 Å². The molecule has 0 heterocycles. The number of hydrogen-bond donors (Lipinski definition) is 3. The molecule has 1 aromatic carbocycles. The van der Waals surface area contributed by atoms with Gasteiger partial charge < -0.3 is 20.7 Å². The molecule has 166 valence electrons. The number of esters is 1. The maximum Gasteiger partial charge on any atom is 0.325 e. The Morgan fingerprint density at radius 1 is 1.03 bits per heavy atom. The largest absolute Gasteiger partial charge is 0.454 e.